The van der Waals surface area contributed by atoms with Gasteiger partial charge < -0.3 is 5.32 Å². The zero-order valence-electron chi connectivity index (χ0n) is 13.7. The summed E-state index contributed by atoms with van der Waals surface area (Å²) in [5.41, 5.74) is 1.24. The Morgan fingerprint density at radius 3 is 2.00 bits per heavy atom. The van der Waals surface area contributed by atoms with Crippen molar-refractivity contribution >= 4 is 44.8 Å². The van der Waals surface area contributed by atoms with Gasteiger partial charge in [-0.2, -0.15) is 0 Å². The lowest BCUT2D eigenvalue weighted by Gasteiger charge is -2.28. The molecule has 0 aliphatic heterocycles. The second kappa shape index (κ2) is 8.08. The predicted octanol–water partition coefficient (Wildman–Crippen LogP) is 3.46. The van der Waals surface area contributed by atoms with E-state index < -0.39 is 22.0 Å². The average molecular weight is 401 g/mol. The molecule has 1 atom stereocenters. The van der Waals surface area contributed by atoms with Crippen molar-refractivity contribution in [2.24, 2.45) is 0 Å². The van der Waals surface area contributed by atoms with Gasteiger partial charge in [0, 0.05) is 16.6 Å². The third-order valence-corrected chi connectivity index (χ3v) is 5.30. The maximum absolute atomic E-state index is 12.4. The highest BCUT2D eigenvalue weighted by Gasteiger charge is 2.28. The third kappa shape index (κ3) is 5.36. The molecule has 1 N–H and O–H groups in total. The van der Waals surface area contributed by atoms with Crippen molar-refractivity contribution in [3.05, 3.63) is 64.1 Å². The summed E-state index contributed by atoms with van der Waals surface area (Å²) in [6.45, 7) is 1.81. The molecular formula is C17H18Cl2N2O3S. The van der Waals surface area contributed by atoms with Crippen molar-refractivity contribution in [1.82, 2.24) is 5.32 Å². The van der Waals surface area contributed by atoms with Crippen molar-refractivity contribution in [3.8, 4) is 0 Å². The van der Waals surface area contributed by atoms with E-state index in [9.17, 15) is 13.2 Å². The number of amides is 1. The van der Waals surface area contributed by atoms with E-state index in [1.54, 1.807) is 48.5 Å². The number of anilines is 1. The van der Waals surface area contributed by atoms with Crippen LogP contribution in [0.5, 0.6) is 0 Å². The number of nitrogens with one attached hydrogen (secondary N) is 1. The van der Waals surface area contributed by atoms with Crippen LogP contribution in [0.25, 0.3) is 0 Å². The molecule has 25 heavy (non-hydrogen) atoms. The molecule has 0 unspecified atom stereocenters. The van der Waals surface area contributed by atoms with Gasteiger partial charge in [-0.25, -0.2) is 8.42 Å². The first-order valence-corrected chi connectivity index (χ1v) is 10.1. The van der Waals surface area contributed by atoms with Gasteiger partial charge in [0.05, 0.1) is 11.9 Å². The van der Waals surface area contributed by atoms with Gasteiger partial charge in [-0.05, 0) is 48.9 Å². The Labute approximate surface area is 157 Å². The van der Waals surface area contributed by atoms with Crippen LogP contribution in [0, 0.1) is 0 Å². The maximum Gasteiger partial charge on any atom is 0.243 e. The Hall–Kier alpha value is -1.76. The van der Waals surface area contributed by atoms with Crippen molar-refractivity contribution < 1.29 is 13.2 Å². The molecule has 0 radical (unpaired) electrons. The summed E-state index contributed by atoms with van der Waals surface area (Å²) in [6, 6.07) is 12.4. The fourth-order valence-corrected chi connectivity index (χ4v) is 3.76. The fraction of sp³-hybridized carbons (Fsp3) is 0.235. The van der Waals surface area contributed by atoms with Gasteiger partial charge in [0.1, 0.15) is 6.04 Å². The summed E-state index contributed by atoms with van der Waals surface area (Å²) in [5, 5.41) is 3.83. The number of hydrogen-bond acceptors (Lipinski definition) is 3. The number of sulfonamides is 1. The lowest BCUT2D eigenvalue weighted by Crippen LogP contribution is -2.47. The number of nitrogens with zero attached hydrogens (tertiary/aromatic N) is 1. The SMILES string of the molecule is C[C@H](C(=O)NCc1ccc(Cl)cc1)N(c1ccc(Cl)cc1)S(C)(=O)=O. The molecule has 134 valence electrons. The lowest BCUT2D eigenvalue weighted by molar-refractivity contribution is -0.122. The molecule has 2 aromatic carbocycles. The summed E-state index contributed by atoms with van der Waals surface area (Å²) in [6.07, 6.45) is 1.06. The second-order valence-corrected chi connectivity index (χ2v) is 8.29. The lowest BCUT2D eigenvalue weighted by atomic mass is 10.2. The van der Waals surface area contributed by atoms with Gasteiger partial charge in [-0.15, -0.1) is 0 Å². The van der Waals surface area contributed by atoms with Crippen LogP contribution in [0.1, 0.15) is 12.5 Å². The summed E-state index contributed by atoms with van der Waals surface area (Å²) >= 11 is 11.7. The molecule has 0 saturated heterocycles. The average Bonchev–Trinajstić information content (AvgIpc) is 2.54. The van der Waals surface area contributed by atoms with E-state index in [4.69, 9.17) is 23.2 Å². The Bertz CT molecular complexity index is 837. The van der Waals surface area contributed by atoms with Crippen molar-refractivity contribution in [2.75, 3.05) is 10.6 Å². The van der Waals surface area contributed by atoms with Gasteiger partial charge in [0.25, 0.3) is 0 Å². The van der Waals surface area contributed by atoms with Gasteiger partial charge in [-0.1, -0.05) is 35.3 Å². The van der Waals surface area contributed by atoms with Crippen LogP contribution in [0.3, 0.4) is 0 Å². The standard InChI is InChI=1S/C17H18Cl2N2O3S/c1-12(17(22)20-11-13-3-5-14(18)6-4-13)21(25(2,23)24)16-9-7-15(19)8-10-16/h3-10,12H,11H2,1-2H3,(H,20,22)/t12-/m1/s1. The van der Waals surface area contributed by atoms with Gasteiger partial charge in [0.15, 0.2) is 0 Å². The summed E-state index contributed by atoms with van der Waals surface area (Å²) in [7, 11) is -3.65. The normalized spacial score (nSPS) is 12.5. The van der Waals surface area contributed by atoms with Crippen LogP contribution in [-0.2, 0) is 21.4 Å². The molecule has 2 aromatic rings. The number of rotatable bonds is 6. The molecule has 0 heterocycles. The minimum Gasteiger partial charge on any atom is -0.350 e. The van der Waals surface area contributed by atoms with Crippen molar-refractivity contribution in [2.45, 2.75) is 19.5 Å². The first-order valence-electron chi connectivity index (χ1n) is 7.45. The first-order chi connectivity index (χ1) is 11.7. The molecule has 8 heteroatoms. The van der Waals surface area contributed by atoms with E-state index in [0.717, 1.165) is 16.1 Å². The number of hydrogen-bond donors (Lipinski definition) is 1. The smallest absolute Gasteiger partial charge is 0.243 e. The Morgan fingerprint density at radius 1 is 1.04 bits per heavy atom. The zero-order chi connectivity index (χ0) is 18.6. The Kier molecular flexibility index (Phi) is 6.32. The zero-order valence-corrected chi connectivity index (χ0v) is 16.1. The highest BCUT2D eigenvalue weighted by Crippen LogP contribution is 2.23. The van der Waals surface area contributed by atoms with E-state index >= 15 is 0 Å². The number of halogens is 2. The minimum absolute atomic E-state index is 0.276. The van der Waals surface area contributed by atoms with Crippen molar-refractivity contribution in [3.63, 3.8) is 0 Å². The largest absolute Gasteiger partial charge is 0.350 e. The van der Waals surface area contributed by atoms with E-state index in [-0.39, 0.29) is 6.54 Å². The van der Waals surface area contributed by atoms with Crippen LogP contribution in [0.4, 0.5) is 5.69 Å². The van der Waals surface area contributed by atoms with Crippen LogP contribution in [-0.4, -0.2) is 26.6 Å². The molecule has 0 saturated carbocycles. The maximum atomic E-state index is 12.4. The van der Waals surface area contributed by atoms with E-state index in [1.807, 2.05) is 0 Å². The first kappa shape index (κ1) is 19.6. The van der Waals surface area contributed by atoms with Gasteiger partial charge in [-0.3, -0.25) is 9.10 Å². The summed E-state index contributed by atoms with van der Waals surface area (Å²) in [5.74, 6) is -0.407. The van der Waals surface area contributed by atoms with Gasteiger partial charge >= 0.3 is 0 Å². The monoisotopic (exact) mass is 400 g/mol. The van der Waals surface area contributed by atoms with Crippen LogP contribution in [0.2, 0.25) is 10.0 Å². The summed E-state index contributed by atoms with van der Waals surface area (Å²) < 4.78 is 25.4. The number of benzene rings is 2. The molecule has 0 bridgehead atoms. The van der Waals surface area contributed by atoms with E-state index in [1.165, 1.54) is 6.92 Å². The molecular weight excluding hydrogens is 383 g/mol. The molecule has 5 nitrogen and oxygen atoms in total. The quantitative estimate of drug-likeness (QED) is 0.806. The molecule has 0 aliphatic rings. The van der Waals surface area contributed by atoms with E-state index in [0.29, 0.717) is 15.7 Å². The van der Waals surface area contributed by atoms with Crippen LogP contribution < -0.4 is 9.62 Å². The Balaban J connectivity index is 2.15. The predicted molar refractivity (Wildman–Crippen MR) is 102 cm³/mol. The van der Waals surface area contributed by atoms with Crippen LogP contribution >= 0.6 is 23.2 Å². The van der Waals surface area contributed by atoms with Crippen molar-refractivity contribution in [1.29, 1.82) is 0 Å². The Morgan fingerprint density at radius 2 is 1.52 bits per heavy atom. The number of carbonyl (C=O) groups is 1. The fourth-order valence-electron chi connectivity index (χ4n) is 2.34. The highest BCUT2D eigenvalue weighted by molar-refractivity contribution is 7.92. The highest BCUT2D eigenvalue weighted by atomic mass is 35.5. The van der Waals surface area contributed by atoms with Gasteiger partial charge in [0.2, 0.25) is 15.9 Å². The second-order valence-electron chi connectivity index (χ2n) is 5.56. The third-order valence-electron chi connectivity index (χ3n) is 3.55. The molecule has 2 rings (SSSR count). The number of carbonyl (C=O) groups excluding carboxylic acids is 1. The topological polar surface area (TPSA) is 66.5 Å². The van der Waals surface area contributed by atoms with E-state index in [2.05, 4.69) is 5.32 Å². The molecule has 1 amide bonds. The molecule has 0 fully saturated rings. The molecule has 0 spiro atoms. The summed E-state index contributed by atoms with van der Waals surface area (Å²) in [4.78, 5) is 12.4. The molecule has 0 aromatic heterocycles. The minimum atomic E-state index is -3.65. The van der Waals surface area contributed by atoms with Crippen LogP contribution in [0.15, 0.2) is 48.5 Å². The molecule has 0 aliphatic carbocycles.